The van der Waals surface area contributed by atoms with Crippen molar-refractivity contribution in [1.82, 2.24) is 0 Å². The van der Waals surface area contributed by atoms with Crippen LogP contribution >= 0.6 is 0 Å². The first-order valence-electron chi connectivity index (χ1n) is 6.89. The average molecular weight is 267 g/mol. The van der Waals surface area contributed by atoms with Gasteiger partial charge in [-0.1, -0.05) is 20.8 Å². The number of aromatic carboxylic acids is 1. The zero-order valence-corrected chi connectivity index (χ0v) is 12.8. The molecule has 1 N–H and O–H groups in total. The van der Waals surface area contributed by atoms with Crippen LogP contribution in [-0.2, 0) is 12.0 Å². The number of carbonyl (C=O) groups excluding carboxylic acids is 1. The Balaban J connectivity index is 3.35. The molecular formula is C15H25NO3. The highest BCUT2D eigenvalue weighted by Gasteiger charge is 2.29. The largest absolute Gasteiger partial charge is 0.545 e. The van der Waals surface area contributed by atoms with Gasteiger partial charge in [0.2, 0.25) is 0 Å². The number of aryl methyl sites for hydroxylation is 1. The highest BCUT2D eigenvalue weighted by Crippen LogP contribution is 2.31. The molecule has 0 bridgehead atoms. The van der Waals surface area contributed by atoms with E-state index in [2.05, 4.69) is 13.8 Å². The number of furan rings is 1. The summed E-state index contributed by atoms with van der Waals surface area (Å²) < 4.78 is 5.73. The van der Waals surface area contributed by atoms with Crippen LogP contribution in [0.1, 0.15) is 62.1 Å². The van der Waals surface area contributed by atoms with Gasteiger partial charge in [-0.05, 0) is 20.8 Å². The first-order valence-corrected chi connectivity index (χ1v) is 6.89. The van der Waals surface area contributed by atoms with E-state index in [0.717, 1.165) is 24.4 Å². The molecule has 0 amide bonds. The van der Waals surface area contributed by atoms with Crippen LogP contribution in [0.5, 0.6) is 0 Å². The maximum Gasteiger partial charge on any atom is 0.119 e. The fraction of sp³-hybridized carbons (Fsp3) is 0.667. The van der Waals surface area contributed by atoms with E-state index in [0.29, 0.717) is 12.3 Å². The van der Waals surface area contributed by atoms with Gasteiger partial charge in [-0.15, -0.1) is 0 Å². The summed E-state index contributed by atoms with van der Waals surface area (Å²) >= 11 is 0. The van der Waals surface area contributed by atoms with Gasteiger partial charge in [0.25, 0.3) is 0 Å². The molecule has 1 aromatic rings. The molecule has 0 fully saturated rings. The van der Waals surface area contributed by atoms with Gasteiger partial charge in [0.05, 0.1) is 24.6 Å². The van der Waals surface area contributed by atoms with Crippen molar-refractivity contribution in [2.45, 2.75) is 53.5 Å². The van der Waals surface area contributed by atoms with Gasteiger partial charge in [0.15, 0.2) is 0 Å². The number of nitrogens with one attached hydrogen (secondary N) is 1. The normalized spacial score (nSPS) is 12.2. The van der Waals surface area contributed by atoms with E-state index in [1.54, 1.807) is 6.92 Å². The van der Waals surface area contributed by atoms with E-state index in [-0.39, 0.29) is 11.0 Å². The minimum Gasteiger partial charge on any atom is -0.545 e. The smallest absolute Gasteiger partial charge is 0.119 e. The van der Waals surface area contributed by atoms with E-state index < -0.39 is 5.97 Å². The zero-order valence-electron chi connectivity index (χ0n) is 12.8. The Morgan fingerprint density at radius 1 is 1.26 bits per heavy atom. The second kappa shape index (κ2) is 5.78. The van der Waals surface area contributed by atoms with E-state index in [9.17, 15) is 9.90 Å². The lowest BCUT2D eigenvalue weighted by Crippen LogP contribution is -3.10. The van der Waals surface area contributed by atoms with Gasteiger partial charge < -0.3 is 19.2 Å². The van der Waals surface area contributed by atoms with Crippen LogP contribution in [0.25, 0.3) is 0 Å². The predicted molar refractivity (Wildman–Crippen MR) is 72.2 cm³/mol. The van der Waals surface area contributed by atoms with Crippen molar-refractivity contribution >= 4 is 5.97 Å². The molecule has 0 aliphatic carbocycles. The summed E-state index contributed by atoms with van der Waals surface area (Å²) in [5.74, 6) is 0.0772. The molecule has 4 nitrogen and oxygen atoms in total. The standard InChI is InChI=1S/C15H25NO3/c1-7-16(8-2)9-11-12(14(17)18)10(3)19-13(11)15(4,5)6/h7-9H2,1-6H3,(H,17,18). The zero-order chi connectivity index (χ0) is 14.8. The Morgan fingerprint density at radius 3 is 2.16 bits per heavy atom. The molecule has 0 aliphatic rings. The summed E-state index contributed by atoms with van der Waals surface area (Å²) in [6, 6.07) is 0. The van der Waals surface area contributed by atoms with Crippen LogP contribution in [0.3, 0.4) is 0 Å². The number of quaternary nitrogens is 1. The number of carbonyl (C=O) groups is 1. The first-order chi connectivity index (χ1) is 8.72. The van der Waals surface area contributed by atoms with Crippen LogP contribution in [-0.4, -0.2) is 19.1 Å². The number of hydrogen-bond donors (Lipinski definition) is 1. The lowest BCUT2D eigenvalue weighted by atomic mass is 9.89. The predicted octanol–water partition coefficient (Wildman–Crippen LogP) is 0.674. The number of hydrogen-bond acceptors (Lipinski definition) is 3. The molecular weight excluding hydrogens is 242 g/mol. The maximum atomic E-state index is 11.4. The molecule has 1 rings (SSSR count). The third kappa shape index (κ3) is 3.38. The minimum absolute atomic E-state index is 0.208. The molecule has 0 radical (unpaired) electrons. The van der Waals surface area contributed by atoms with E-state index in [4.69, 9.17) is 4.42 Å². The van der Waals surface area contributed by atoms with Crippen LogP contribution in [0, 0.1) is 6.92 Å². The summed E-state index contributed by atoms with van der Waals surface area (Å²) in [6.45, 7) is 14.6. The average Bonchev–Trinajstić information content (AvgIpc) is 2.62. The van der Waals surface area contributed by atoms with Crippen molar-refractivity contribution < 1.29 is 19.2 Å². The Hall–Kier alpha value is -1.29. The Morgan fingerprint density at radius 2 is 1.79 bits per heavy atom. The van der Waals surface area contributed by atoms with E-state index in [1.165, 1.54) is 4.90 Å². The molecule has 0 aliphatic heterocycles. The number of carboxylic acids is 1. The molecule has 0 aromatic carbocycles. The van der Waals surface area contributed by atoms with Crippen molar-refractivity contribution in [3.05, 3.63) is 22.6 Å². The second-order valence-electron chi connectivity index (χ2n) is 6.01. The second-order valence-corrected chi connectivity index (χ2v) is 6.01. The van der Waals surface area contributed by atoms with Crippen LogP contribution in [0.2, 0.25) is 0 Å². The van der Waals surface area contributed by atoms with Crippen LogP contribution in [0.4, 0.5) is 0 Å². The molecule has 0 spiro atoms. The molecule has 4 heteroatoms. The van der Waals surface area contributed by atoms with Crippen molar-refractivity contribution in [1.29, 1.82) is 0 Å². The molecule has 108 valence electrons. The van der Waals surface area contributed by atoms with Gasteiger partial charge in [-0.25, -0.2) is 0 Å². The molecule has 0 atom stereocenters. The Kier molecular flexibility index (Phi) is 4.80. The third-order valence-corrected chi connectivity index (χ3v) is 3.50. The lowest BCUT2D eigenvalue weighted by molar-refractivity contribution is -0.910. The monoisotopic (exact) mass is 267 g/mol. The topological polar surface area (TPSA) is 57.7 Å². The molecule has 19 heavy (non-hydrogen) atoms. The Labute approximate surface area is 115 Å². The van der Waals surface area contributed by atoms with Crippen molar-refractivity contribution in [2.75, 3.05) is 13.1 Å². The van der Waals surface area contributed by atoms with Gasteiger partial charge in [0, 0.05) is 11.0 Å². The van der Waals surface area contributed by atoms with Gasteiger partial charge in [-0.3, -0.25) is 0 Å². The molecule has 0 saturated heterocycles. The molecule has 0 unspecified atom stereocenters. The summed E-state index contributed by atoms with van der Waals surface area (Å²) in [5.41, 5.74) is 0.827. The van der Waals surface area contributed by atoms with E-state index in [1.807, 2.05) is 20.8 Å². The number of carboxylic acid groups (broad SMARTS) is 1. The minimum atomic E-state index is -1.14. The highest BCUT2D eigenvalue weighted by atomic mass is 16.4. The first kappa shape index (κ1) is 15.8. The van der Waals surface area contributed by atoms with Crippen molar-refractivity contribution in [2.24, 2.45) is 0 Å². The fourth-order valence-corrected chi connectivity index (χ4v) is 2.38. The molecule has 1 heterocycles. The SMILES string of the molecule is CC[NH+](CC)Cc1c(C(C)(C)C)oc(C)c1C(=O)[O-]. The molecule has 0 saturated carbocycles. The van der Waals surface area contributed by atoms with Gasteiger partial charge >= 0.3 is 0 Å². The number of rotatable bonds is 5. The van der Waals surface area contributed by atoms with Crippen LogP contribution < -0.4 is 10.0 Å². The van der Waals surface area contributed by atoms with Crippen LogP contribution in [0.15, 0.2) is 4.42 Å². The van der Waals surface area contributed by atoms with E-state index >= 15 is 0 Å². The molecule has 1 aromatic heterocycles. The third-order valence-electron chi connectivity index (χ3n) is 3.50. The van der Waals surface area contributed by atoms with Gasteiger partial charge in [0.1, 0.15) is 18.1 Å². The lowest BCUT2D eigenvalue weighted by Gasteiger charge is -2.21. The van der Waals surface area contributed by atoms with Gasteiger partial charge in [-0.2, -0.15) is 0 Å². The Bertz CT molecular complexity index is 451. The summed E-state index contributed by atoms with van der Waals surface area (Å²) in [5, 5.41) is 11.4. The van der Waals surface area contributed by atoms with Crippen molar-refractivity contribution in [3.8, 4) is 0 Å². The highest BCUT2D eigenvalue weighted by molar-refractivity contribution is 5.89. The summed E-state index contributed by atoms with van der Waals surface area (Å²) in [4.78, 5) is 12.7. The van der Waals surface area contributed by atoms with Crippen molar-refractivity contribution in [3.63, 3.8) is 0 Å². The summed E-state index contributed by atoms with van der Waals surface area (Å²) in [6.07, 6.45) is 0. The summed E-state index contributed by atoms with van der Waals surface area (Å²) in [7, 11) is 0. The maximum absolute atomic E-state index is 11.4. The fourth-order valence-electron chi connectivity index (χ4n) is 2.38. The quantitative estimate of drug-likeness (QED) is 0.853.